The number of carbonyl (C=O) groups excluding carboxylic acids is 3. The lowest BCUT2D eigenvalue weighted by molar-refractivity contribution is -0.159. The monoisotopic (exact) mass is 290 g/mol. The highest BCUT2D eigenvalue weighted by Crippen LogP contribution is 2.46. The molecule has 0 radical (unpaired) electrons. The van der Waals surface area contributed by atoms with Gasteiger partial charge in [0.05, 0.1) is 6.04 Å². The van der Waals surface area contributed by atoms with E-state index in [1.165, 1.54) is 12.1 Å². The third kappa shape index (κ3) is 1.86. The molecule has 5 nitrogen and oxygen atoms in total. The van der Waals surface area contributed by atoms with Crippen LogP contribution in [0, 0.1) is 11.2 Å². The number of hydrogen-bond donors (Lipinski definition) is 1. The Kier molecular flexibility index (Phi) is 3.04. The maximum atomic E-state index is 13.9. The summed E-state index contributed by atoms with van der Waals surface area (Å²) in [4.78, 5) is 37.5. The van der Waals surface area contributed by atoms with Crippen molar-refractivity contribution in [1.29, 1.82) is 0 Å². The average molecular weight is 290 g/mol. The number of nitrogens with zero attached hydrogens (tertiary/aromatic N) is 1. The van der Waals surface area contributed by atoms with Crippen LogP contribution in [0.15, 0.2) is 24.3 Å². The number of barbiturate groups is 1. The number of nitrogens with one attached hydrogen (secondary N) is 1. The fourth-order valence-corrected chi connectivity index (χ4v) is 2.97. The zero-order valence-corrected chi connectivity index (χ0v) is 11.6. The van der Waals surface area contributed by atoms with Gasteiger partial charge in [0.2, 0.25) is 11.8 Å². The summed E-state index contributed by atoms with van der Waals surface area (Å²) in [5.74, 6) is -1.52. The summed E-state index contributed by atoms with van der Waals surface area (Å²) >= 11 is 0. The van der Waals surface area contributed by atoms with Crippen molar-refractivity contribution in [3.8, 4) is 0 Å². The van der Waals surface area contributed by atoms with E-state index in [-0.39, 0.29) is 5.56 Å². The Labute approximate surface area is 121 Å². The van der Waals surface area contributed by atoms with E-state index in [9.17, 15) is 18.8 Å². The van der Waals surface area contributed by atoms with Crippen LogP contribution in [0.4, 0.5) is 9.18 Å². The Balaban J connectivity index is 1.97. The van der Waals surface area contributed by atoms with Gasteiger partial charge in [-0.2, -0.15) is 0 Å². The van der Waals surface area contributed by atoms with Crippen LogP contribution < -0.4 is 5.32 Å². The van der Waals surface area contributed by atoms with Crippen molar-refractivity contribution < 1.29 is 18.8 Å². The number of carbonyl (C=O) groups is 3. The van der Waals surface area contributed by atoms with E-state index in [4.69, 9.17) is 0 Å². The molecule has 1 atom stereocenters. The van der Waals surface area contributed by atoms with E-state index in [0.29, 0.717) is 12.8 Å². The third-order valence-corrected chi connectivity index (χ3v) is 4.45. The number of rotatable bonds is 2. The summed E-state index contributed by atoms with van der Waals surface area (Å²) in [5.41, 5.74) is -0.877. The second-order valence-corrected chi connectivity index (χ2v) is 5.57. The molecule has 1 spiro atoms. The van der Waals surface area contributed by atoms with E-state index >= 15 is 0 Å². The lowest BCUT2D eigenvalue weighted by Gasteiger charge is -2.46. The predicted molar refractivity (Wildman–Crippen MR) is 71.5 cm³/mol. The Morgan fingerprint density at radius 3 is 2.48 bits per heavy atom. The molecule has 1 saturated heterocycles. The molecule has 0 aromatic heterocycles. The molecule has 4 amide bonds. The number of benzene rings is 1. The predicted octanol–water partition coefficient (Wildman–Crippen LogP) is 2.14. The van der Waals surface area contributed by atoms with Crippen LogP contribution in [-0.2, 0) is 9.59 Å². The van der Waals surface area contributed by atoms with Crippen molar-refractivity contribution in [2.45, 2.75) is 32.2 Å². The minimum absolute atomic E-state index is 0.254. The lowest BCUT2D eigenvalue weighted by Crippen LogP contribution is -2.66. The van der Waals surface area contributed by atoms with Gasteiger partial charge < -0.3 is 0 Å². The normalized spacial score (nSPS) is 22.0. The number of urea groups is 1. The molecule has 2 fully saturated rings. The van der Waals surface area contributed by atoms with Crippen molar-refractivity contribution >= 4 is 17.8 Å². The van der Waals surface area contributed by atoms with E-state index in [2.05, 4.69) is 5.32 Å². The molecule has 1 aromatic carbocycles. The Bertz CT molecular complexity index is 640. The Morgan fingerprint density at radius 2 is 1.90 bits per heavy atom. The molecule has 1 heterocycles. The topological polar surface area (TPSA) is 66.5 Å². The van der Waals surface area contributed by atoms with Gasteiger partial charge >= 0.3 is 6.03 Å². The number of imide groups is 2. The summed E-state index contributed by atoms with van der Waals surface area (Å²) in [6, 6.07) is 4.46. The van der Waals surface area contributed by atoms with Crippen molar-refractivity contribution in [2.75, 3.05) is 0 Å². The minimum atomic E-state index is -1.13. The summed E-state index contributed by atoms with van der Waals surface area (Å²) in [5, 5.41) is 2.23. The SMILES string of the molecule is CC(c1ccccc1F)N1C(=O)NC(=O)C2(CCC2)C1=O. The second kappa shape index (κ2) is 4.65. The Morgan fingerprint density at radius 1 is 1.24 bits per heavy atom. The molecule has 1 aliphatic heterocycles. The second-order valence-electron chi connectivity index (χ2n) is 5.57. The highest BCUT2D eigenvalue weighted by Gasteiger charge is 2.58. The minimum Gasteiger partial charge on any atom is -0.277 e. The Hall–Kier alpha value is -2.24. The molecule has 1 N–H and O–H groups in total. The van der Waals surface area contributed by atoms with Crippen molar-refractivity contribution in [2.24, 2.45) is 5.41 Å². The van der Waals surface area contributed by atoms with Gasteiger partial charge in [0.25, 0.3) is 0 Å². The number of amides is 4. The van der Waals surface area contributed by atoms with Crippen molar-refractivity contribution in [3.05, 3.63) is 35.6 Å². The zero-order valence-electron chi connectivity index (χ0n) is 11.6. The fourth-order valence-electron chi connectivity index (χ4n) is 2.97. The van der Waals surface area contributed by atoms with Crippen LogP contribution in [-0.4, -0.2) is 22.7 Å². The zero-order chi connectivity index (χ0) is 15.2. The highest BCUT2D eigenvalue weighted by atomic mass is 19.1. The van der Waals surface area contributed by atoms with Crippen LogP contribution >= 0.6 is 0 Å². The van der Waals surface area contributed by atoms with Gasteiger partial charge in [0, 0.05) is 5.56 Å². The molecule has 6 heteroatoms. The first-order valence-corrected chi connectivity index (χ1v) is 6.91. The van der Waals surface area contributed by atoms with Crippen LogP contribution in [0.5, 0.6) is 0 Å². The summed E-state index contributed by atoms with van der Waals surface area (Å²) < 4.78 is 13.9. The molecule has 0 bridgehead atoms. The van der Waals surface area contributed by atoms with Crippen molar-refractivity contribution in [1.82, 2.24) is 10.2 Å². The molecule has 21 heavy (non-hydrogen) atoms. The molecule has 1 aliphatic carbocycles. The first kappa shape index (κ1) is 13.7. The van der Waals surface area contributed by atoms with E-state index < -0.39 is 35.1 Å². The highest BCUT2D eigenvalue weighted by molar-refractivity contribution is 6.19. The van der Waals surface area contributed by atoms with Crippen LogP contribution in [0.25, 0.3) is 0 Å². The molecule has 1 unspecified atom stereocenters. The molecule has 2 aliphatic rings. The summed E-state index contributed by atoms with van der Waals surface area (Å²) in [6.45, 7) is 1.58. The van der Waals surface area contributed by atoms with Crippen LogP contribution in [0.3, 0.4) is 0 Å². The largest absolute Gasteiger partial charge is 0.331 e. The molecular weight excluding hydrogens is 275 g/mol. The number of hydrogen-bond acceptors (Lipinski definition) is 3. The van der Waals surface area contributed by atoms with Gasteiger partial charge in [-0.15, -0.1) is 0 Å². The van der Waals surface area contributed by atoms with Crippen LogP contribution in [0.1, 0.15) is 37.8 Å². The van der Waals surface area contributed by atoms with Gasteiger partial charge in [0.15, 0.2) is 0 Å². The lowest BCUT2D eigenvalue weighted by atomic mass is 9.66. The number of halogens is 1. The van der Waals surface area contributed by atoms with Gasteiger partial charge in [-0.3, -0.25) is 19.8 Å². The molecule has 1 saturated carbocycles. The standard InChI is InChI=1S/C15H15FN2O3/c1-9(10-5-2-3-6-11(10)16)18-13(20)15(7-4-8-15)12(19)17-14(18)21/h2-3,5-6,9H,4,7-8H2,1H3,(H,17,19,21). The molecule has 1 aromatic rings. The maximum absolute atomic E-state index is 13.9. The summed E-state index contributed by atoms with van der Waals surface area (Å²) in [6.07, 6.45) is 1.64. The molecular formula is C15H15FN2O3. The van der Waals surface area contributed by atoms with Crippen molar-refractivity contribution in [3.63, 3.8) is 0 Å². The van der Waals surface area contributed by atoms with Gasteiger partial charge in [0.1, 0.15) is 11.2 Å². The average Bonchev–Trinajstić information content (AvgIpc) is 2.36. The first-order chi connectivity index (χ1) is 9.97. The summed E-state index contributed by atoms with van der Waals surface area (Å²) in [7, 11) is 0. The fraction of sp³-hybridized carbons (Fsp3) is 0.400. The first-order valence-electron chi connectivity index (χ1n) is 6.91. The van der Waals surface area contributed by atoms with E-state index in [1.54, 1.807) is 19.1 Å². The van der Waals surface area contributed by atoms with Gasteiger partial charge in [-0.1, -0.05) is 24.6 Å². The molecule has 110 valence electrons. The maximum Gasteiger partial charge on any atom is 0.331 e. The third-order valence-electron chi connectivity index (χ3n) is 4.45. The van der Waals surface area contributed by atoms with Gasteiger partial charge in [-0.25, -0.2) is 9.18 Å². The molecule has 3 rings (SSSR count). The quantitative estimate of drug-likeness (QED) is 0.849. The smallest absolute Gasteiger partial charge is 0.277 e. The van der Waals surface area contributed by atoms with E-state index in [0.717, 1.165) is 11.3 Å². The van der Waals surface area contributed by atoms with E-state index in [1.807, 2.05) is 0 Å². The van der Waals surface area contributed by atoms with Crippen LogP contribution in [0.2, 0.25) is 0 Å². The van der Waals surface area contributed by atoms with Gasteiger partial charge in [-0.05, 0) is 25.8 Å².